The van der Waals surface area contributed by atoms with Crippen LogP contribution in [0.2, 0.25) is 0 Å². The summed E-state index contributed by atoms with van der Waals surface area (Å²) in [5.74, 6) is 1.24. The molecule has 2 N–H and O–H groups in total. The van der Waals surface area contributed by atoms with Crippen LogP contribution in [0.15, 0.2) is 24.5 Å². The van der Waals surface area contributed by atoms with E-state index in [1.54, 1.807) is 24.2 Å². The molecule has 1 aromatic heterocycles. The summed E-state index contributed by atoms with van der Waals surface area (Å²) in [4.78, 5) is 15.7. The molecule has 1 saturated carbocycles. The molecule has 0 atom stereocenters. The van der Waals surface area contributed by atoms with Gasteiger partial charge in [-0.2, -0.15) is 0 Å². The van der Waals surface area contributed by atoms with E-state index >= 15 is 0 Å². The lowest BCUT2D eigenvalue weighted by atomic mass is 9.85. The van der Waals surface area contributed by atoms with Crippen LogP contribution in [0.3, 0.4) is 0 Å². The lowest BCUT2D eigenvalue weighted by Crippen LogP contribution is -2.44. The molecule has 0 bridgehead atoms. The molecule has 1 aromatic rings. The van der Waals surface area contributed by atoms with Crippen molar-refractivity contribution in [3.8, 4) is 0 Å². The van der Waals surface area contributed by atoms with E-state index in [-0.39, 0.29) is 5.91 Å². The molecule has 0 saturated heterocycles. The molecule has 1 heterocycles. The first-order chi connectivity index (χ1) is 9.68. The van der Waals surface area contributed by atoms with Gasteiger partial charge in [0.2, 0.25) is 5.91 Å². The molecule has 5 heteroatoms. The van der Waals surface area contributed by atoms with Crippen molar-refractivity contribution in [3.05, 3.63) is 30.1 Å². The highest BCUT2D eigenvalue weighted by molar-refractivity contribution is 7.99. The molecule has 1 aliphatic rings. The van der Waals surface area contributed by atoms with E-state index in [1.807, 2.05) is 12.1 Å². The number of nitrogens with zero attached hydrogens (tertiary/aromatic N) is 1. The van der Waals surface area contributed by atoms with Gasteiger partial charge in [-0.1, -0.05) is 19.3 Å². The summed E-state index contributed by atoms with van der Waals surface area (Å²) in [5.41, 5.74) is 0.493. The minimum atomic E-state index is -0.677. The highest BCUT2D eigenvalue weighted by Gasteiger charge is 2.29. The summed E-state index contributed by atoms with van der Waals surface area (Å²) in [7, 11) is 0. The molecular weight excluding hydrogens is 272 g/mol. The molecule has 1 fully saturated rings. The SMILES string of the molecule is O=C(CSCc1ccncc1)NCC1(O)CCCCC1. The summed E-state index contributed by atoms with van der Waals surface area (Å²) in [6.07, 6.45) is 8.43. The molecule has 1 amide bonds. The number of rotatable bonds is 6. The van der Waals surface area contributed by atoms with Crippen LogP contribution in [0.25, 0.3) is 0 Å². The number of aliphatic hydroxyl groups is 1. The average Bonchev–Trinajstić information content (AvgIpc) is 2.47. The monoisotopic (exact) mass is 294 g/mol. The second-order valence-electron chi connectivity index (χ2n) is 5.41. The van der Waals surface area contributed by atoms with Crippen molar-refractivity contribution >= 4 is 17.7 Å². The van der Waals surface area contributed by atoms with Crippen LogP contribution in [-0.4, -0.2) is 33.9 Å². The summed E-state index contributed by atoms with van der Waals surface area (Å²) in [6, 6.07) is 3.91. The molecule has 110 valence electrons. The highest BCUT2D eigenvalue weighted by atomic mass is 32.2. The van der Waals surface area contributed by atoms with Crippen molar-refractivity contribution in [3.63, 3.8) is 0 Å². The van der Waals surface area contributed by atoms with Crippen molar-refractivity contribution in [2.45, 2.75) is 43.5 Å². The van der Waals surface area contributed by atoms with Crippen LogP contribution in [0.4, 0.5) is 0 Å². The van der Waals surface area contributed by atoms with E-state index in [4.69, 9.17) is 0 Å². The lowest BCUT2D eigenvalue weighted by molar-refractivity contribution is -0.120. The Morgan fingerprint density at radius 1 is 1.30 bits per heavy atom. The Hall–Kier alpha value is -1.07. The third kappa shape index (κ3) is 5.13. The minimum Gasteiger partial charge on any atom is -0.388 e. The third-order valence-corrected chi connectivity index (χ3v) is 4.65. The molecule has 1 aliphatic carbocycles. The molecule has 0 unspecified atom stereocenters. The van der Waals surface area contributed by atoms with Gasteiger partial charge < -0.3 is 10.4 Å². The predicted molar refractivity (Wildman–Crippen MR) is 81.4 cm³/mol. The molecule has 0 aromatic carbocycles. The van der Waals surface area contributed by atoms with Gasteiger partial charge in [0.1, 0.15) is 0 Å². The fraction of sp³-hybridized carbons (Fsp3) is 0.600. The lowest BCUT2D eigenvalue weighted by Gasteiger charge is -2.32. The average molecular weight is 294 g/mol. The van der Waals surface area contributed by atoms with Crippen LogP contribution in [0, 0.1) is 0 Å². The number of aromatic nitrogens is 1. The second-order valence-corrected chi connectivity index (χ2v) is 6.40. The van der Waals surface area contributed by atoms with Crippen LogP contribution in [0.5, 0.6) is 0 Å². The summed E-state index contributed by atoms with van der Waals surface area (Å²) >= 11 is 1.58. The van der Waals surface area contributed by atoms with Crippen LogP contribution in [-0.2, 0) is 10.5 Å². The zero-order valence-electron chi connectivity index (χ0n) is 11.7. The number of pyridine rings is 1. The van der Waals surface area contributed by atoms with Gasteiger partial charge in [0.15, 0.2) is 0 Å². The van der Waals surface area contributed by atoms with Gasteiger partial charge in [-0.05, 0) is 30.5 Å². The zero-order chi connectivity index (χ0) is 14.3. The largest absolute Gasteiger partial charge is 0.388 e. The Labute approximate surface area is 124 Å². The molecule has 20 heavy (non-hydrogen) atoms. The Morgan fingerprint density at radius 2 is 2.00 bits per heavy atom. The first-order valence-corrected chi connectivity index (χ1v) is 8.29. The van der Waals surface area contributed by atoms with Gasteiger partial charge in [-0.15, -0.1) is 11.8 Å². The number of nitrogens with one attached hydrogen (secondary N) is 1. The molecule has 0 radical (unpaired) electrons. The van der Waals surface area contributed by atoms with E-state index in [0.717, 1.165) is 31.4 Å². The predicted octanol–water partition coefficient (Wildman–Crippen LogP) is 2.13. The number of hydrogen-bond acceptors (Lipinski definition) is 4. The van der Waals surface area contributed by atoms with Crippen molar-refractivity contribution in [1.82, 2.24) is 10.3 Å². The maximum Gasteiger partial charge on any atom is 0.230 e. The van der Waals surface area contributed by atoms with Gasteiger partial charge in [0, 0.05) is 24.7 Å². The van der Waals surface area contributed by atoms with E-state index in [0.29, 0.717) is 12.3 Å². The van der Waals surface area contributed by atoms with Gasteiger partial charge in [0.25, 0.3) is 0 Å². The number of carbonyl (C=O) groups is 1. The number of thioether (sulfide) groups is 1. The highest BCUT2D eigenvalue weighted by Crippen LogP contribution is 2.27. The van der Waals surface area contributed by atoms with Crippen molar-refractivity contribution in [1.29, 1.82) is 0 Å². The minimum absolute atomic E-state index is 0.00283. The summed E-state index contributed by atoms with van der Waals surface area (Å²) in [5, 5.41) is 13.2. The number of hydrogen-bond donors (Lipinski definition) is 2. The normalized spacial score (nSPS) is 17.6. The van der Waals surface area contributed by atoms with Crippen molar-refractivity contribution < 1.29 is 9.90 Å². The third-order valence-electron chi connectivity index (χ3n) is 3.65. The Morgan fingerprint density at radius 3 is 2.70 bits per heavy atom. The quantitative estimate of drug-likeness (QED) is 0.843. The zero-order valence-corrected chi connectivity index (χ0v) is 12.5. The Bertz CT molecular complexity index is 419. The van der Waals surface area contributed by atoms with Crippen LogP contribution >= 0.6 is 11.8 Å². The molecule has 2 rings (SSSR count). The molecule has 4 nitrogen and oxygen atoms in total. The van der Waals surface area contributed by atoms with E-state index in [9.17, 15) is 9.90 Å². The van der Waals surface area contributed by atoms with Crippen LogP contribution < -0.4 is 5.32 Å². The smallest absolute Gasteiger partial charge is 0.230 e. The second kappa shape index (κ2) is 7.64. The van der Waals surface area contributed by atoms with Crippen LogP contribution in [0.1, 0.15) is 37.7 Å². The standard InChI is InChI=1S/C15H22N2O2S/c18-14(11-20-10-13-4-8-16-9-5-13)17-12-15(19)6-2-1-3-7-15/h4-5,8-9,19H,1-3,6-7,10-12H2,(H,17,18). The topological polar surface area (TPSA) is 62.2 Å². The molecule has 0 aliphatic heterocycles. The summed E-state index contributed by atoms with van der Waals surface area (Å²) < 4.78 is 0. The van der Waals surface area contributed by atoms with E-state index in [2.05, 4.69) is 10.3 Å². The maximum absolute atomic E-state index is 11.8. The number of carbonyl (C=O) groups excluding carboxylic acids is 1. The van der Waals surface area contributed by atoms with Gasteiger partial charge >= 0.3 is 0 Å². The Balaban J connectivity index is 1.63. The van der Waals surface area contributed by atoms with E-state index in [1.165, 1.54) is 12.0 Å². The Kier molecular flexibility index (Phi) is 5.86. The first kappa shape index (κ1) is 15.3. The van der Waals surface area contributed by atoms with E-state index < -0.39 is 5.60 Å². The number of amides is 1. The fourth-order valence-corrected chi connectivity index (χ4v) is 3.26. The van der Waals surface area contributed by atoms with Crippen molar-refractivity contribution in [2.24, 2.45) is 0 Å². The van der Waals surface area contributed by atoms with Gasteiger partial charge in [0.05, 0.1) is 11.4 Å². The maximum atomic E-state index is 11.8. The summed E-state index contributed by atoms with van der Waals surface area (Å²) in [6.45, 7) is 0.391. The van der Waals surface area contributed by atoms with Gasteiger partial charge in [-0.25, -0.2) is 0 Å². The van der Waals surface area contributed by atoms with Gasteiger partial charge in [-0.3, -0.25) is 9.78 Å². The molecule has 0 spiro atoms. The first-order valence-electron chi connectivity index (χ1n) is 7.14. The van der Waals surface area contributed by atoms with Crippen molar-refractivity contribution in [2.75, 3.05) is 12.3 Å². The fourth-order valence-electron chi connectivity index (χ4n) is 2.44. The molecular formula is C15H22N2O2S.